The van der Waals surface area contributed by atoms with Gasteiger partial charge in [-0.25, -0.2) is 13.1 Å². The summed E-state index contributed by atoms with van der Waals surface area (Å²) in [7, 11) is -1.73. The monoisotopic (exact) mass is 357 g/mol. The average Bonchev–Trinajstić information content (AvgIpc) is 2.52. The molecule has 1 rings (SSSR count). The molecule has 0 saturated heterocycles. The predicted octanol–water partition coefficient (Wildman–Crippen LogP) is 2.03. The Morgan fingerprint density at radius 3 is 2.29 bits per heavy atom. The molecule has 0 unspecified atom stereocenters. The number of hydrazine groups is 1. The number of sulfonamides is 1. The van der Waals surface area contributed by atoms with E-state index in [-0.39, 0.29) is 5.91 Å². The van der Waals surface area contributed by atoms with Crippen molar-refractivity contribution in [1.82, 2.24) is 10.1 Å². The first-order valence-electron chi connectivity index (χ1n) is 7.84. The van der Waals surface area contributed by atoms with Gasteiger partial charge in [0.1, 0.15) is 5.75 Å². The van der Waals surface area contributed by atoms with E-state index >= 15 is 0 Å². The SMILES string of the molecule is COc1ccc(NNC(=O)CCCCNS(=O)(=O)C(C)(C)C)cc1. The number of benzene rings is 1. The lowest BCUT2D eigenvalue weighted by Crippen LogP contribution is -2.39. The van der Waals surface area contributed by atoms with E-state index in [2.05, 4.69) is 15.6 Å². The second-order valence-corrected chi connectivity index (χ2v) is 8.89. The predicted molar refractivity (Wildman–Crippen MR) is 95.3 cm³/mol. The highest BCUT2D eigenvalue weighted by atomic mass is 32.2. The van der Waals surface area contributed by atoms with Gasteiger partial charge in [0, 0.05) is 13.0 Å². The van der Waals surface area contributed by atoms with Crippen molar-refractivity contribution in [3.63, 3.8) is 0 Å². The lowest BCUT2D eigenvalue weighted by Gasteiger charge is -2.19. The Kier molecular flexibility index (Phi) is 7.50. The Bertz CT molecular complexity index is 622. The van der Waals surface area contributed by atoms with Gasteiger partial charge in [-0.1, -0.05) is 0 Å². The Labute approximate surface area is 144 Å². The van der Waals surface area contributed by atoms with E-state index in [1.807, 2.05) is 0 Å². The van der Waals surface area contributed by atoms with Gasteiger partial charge in [0.15, 0.2) is 0 Å². The van der Waals surface area contributed by atoms with Gasteiger partial charge in [-0.3, -0.25) is 15.6 Å². The fourth-order valence-electron chi connectivity index (χ4n) is 1.71. The largest absolute Gasteiger partial charge is 0.497 e. The highest BCUT2D eigenvalue weighted by Crippen LogP contribution is 2.14. The second kappa shape index (κ2) is 8.89. The van der Waals surface area contributed by atoms with Crippen molar-refractivity contribution < 1.29 is 17.9 Å². The zero-order chi connectivity index (χ0) is 18.2. The molecular weight excluding hydrogens is 330 g/mol. The molecule has 1 aromatic carbocycles. The third-order valence-electron chi connectivity index (χ3n) is 3.37. The first-order chi connectivity index (χ1) is 11.2. The molecule has 0 aromatic heterocycles. The minimum Gasteiger partial charge on any atom is -0.497 e. The van der Waals surface area contributed by atoms with Gasteiger partial charge < -0.3 is 4.74 Å². The normalized spacial score (nSPS) is 11.8. The van der Waals surface area contributed by atoms with Gasteiger partial charge in [-0.2, -0.15) is 0 Å². The standard InChI is InChI=1S/C16H27N3O4S/c1-16(2,3)24(21,22)17-12-6-5-7-15(20)19-18-13-8-10-14(23-4)11-9-13/h8-11,17-18H,5-7,12H2,1-4H3,(H,19,20). The molecule has 0 radical (unpaired) electrons. The van der Waals surface area contributed by atoms with Crippen LogP contribution >= 0.6 is 0 Å². The molecule has 1 amide bonds. The summed E-state index contributed by atoms with van der Waals surface area (Å²) in [5.74, 6) is 0.592. The van der Waals surface area contributed by atoms with Gasteiger partial charge in [0.25, 0.3) is 0 Å². The molecule has 0 atom stereocenters. The van der Waals surface area contributed by atoms with Crippen LogP contribution in [0.5, 0.6) is 5.75 Å². The van der Waals surface area contributed by atoms with E-state index in [4.69, 9.17) is 4.74 Å². The molecular formula is C16H27N3O4S. The van der Waals surface area contributed by atoms with Crippen molar-refractivity contribution >= 4 is 21.6 Å². The van der Waals surface area contributed by atoms with Crippen LogP contribution in [0.2, 0.25) is 0 Å². The van der Waals surface area contributed by atoms with Crippen molar-refractivity contribution in [2.45, 2.75) is 44.8 Å². The van der Waals surface area contributed by atoms with E-state index in [1.54, 1.807) is 52.1 Å². The van der Waals surface area contributed by atoms with Crippen LogP contribution in [0.25, 0.3) is 0 Å². The quantitative estimate of drug-likeness (QED) is 0.464. The van der Waals surface area contributed by atoms with Crippen LogP contribution in [0.3, 0.4) is 0 Å². The van der Waals surface area contributed by atoms with Crippen molar-refractivity contribution in [3.05, 3.63) is 24.3 Å². The van der Waals surface area contributed by atoms with E-state index in [0.717, 1.165) is 11.4 Å². The summed E-state index contributed by atoms with van der Waals surface area (Å²) < 4.78 is 30.5. The molecule has 0 saturated carbocycles. The van der Waals surface area contributed by atoms with E-state index < -0.39 is 14.8 Å². The number of rotatable bonds is 9. The number of amides is 1. The molecule has 0 heterocycles. The number of ether oxygens (including phenoxy) is 1. The molecule has 3 N–H and O–H groups in total. The van der Waals surface area contributed by atoms with Crippen LogP contribution in [-0.4, -0.2) is 32.7 Å². The molecule has 0 aliphatic rings. The molecule has 1 aromatic rings. The molecule has 0 bridgehead atoms. The summed E-state index contributed by atoms with van der Waals surface area (Å²) in [6, 6.07) is 7.16. The number of methoxy groups -OCH3 is 1. The van der Waals surface area contributed by atoms with Crippen molar-refractivity contribution in [1.29, 1.82) is 0 Å². The number of hydrogen-bond donors (Lipinski definition) is 3. The molecule has 0 fully saturated rings. The summed E-state index contributed by atoms with van der Waals surface area (Å²) >= 11 is 0. The Morgan fingerprint density at radius 1 is 1.12 bits per heavy atom. The number of unbranched alkanes of at least 4 members (excludes halogenated alkanes) is 1. The maximum atomic E-state index is 11.8. The van der Waals surface area contributed by atoms with Gasteiger partial charge in [-0.05, 0) is 57.9 Å². The van der Waals surface area contributed by atoms with Crippen LogP contribution in [-0.2, 0) is 14.8 Å². The summed E-state index contributed by atoms with van der Waals surface area (Å²) in [6.45, 7) is 5.27. The van der Waals surface area contributed by atoms with Crippen molar-refractivity contribution in [3.8, 4) is 5.75 Å². The molecule has 0 aliphatic heterocycles. The summed E-state index contributed by atoms with van der Waals surface area (Å²) in [5.41, 5.74) is 6.17. The van der Waals surface area contributed by atoms with Gasteiger partial charge in [-0.15, -0.1) is 0 Å². The van der Waals surface area contributed by atoms with Crippen LogP contribution in [0.4, 0.5) is 5.69 Å². The third kappa shape index (κ3) is 6.76. The maximum absolute atomic E-state index is 11.8. The highest BCUT2D eigenvalue weighted by molar-refractivity contribution is 7.90. The Hall–Kier alpha value is -1.80. The lowest BCUT2D eigenvalue weighted by atomic mass is 10.2. The Balaban J connectivity index is 2.20. The smallest absolute Gasteiger partial charge is 0.238 e. The molecule has 8 heteroatoms. The minimum atomic E-state index is -3.32. The number of carbonyl (C=O) groups excluding carboxylic acids is 1. The van der Waals surface area contributed by atoms with Crippen LogP contribution in [0.1, 0.15) is 40.0 Å². The van der Waals surface area contributed by atoms with Gasteiger partial charge in [0.05, 0.1) is 17.5 Å². The van der Waals surface area contributed by atoms with E-state index in [9.17, 15) is 13.2 Å². The van der Waals surface area contributed by atoms with Crippen molar-refractivity contribution in [2.75, 3.05) is 19.1 Å². The zero-order valence-corrected chi connectivity index (χ0v) is 15.5. The highest BCUT2D eigenvalue weighted by Gasteiger charge is 2.27. The van der Waals surface area contributed by atoms with Gasteiger partial charge >= 0.3 is 0 Å². The molecule has 136 valence electrons. The number of nitrogens with one attached hydrogen (secondary N) is 3. The second-order valence-electron chi connectivity index (χ2n) is 6.37. The van der Waals surface area contributed by atoms with Crippen molar-refractivity contribution in [2.24, 2.45) is 0 Å². The molecule has 7 nitrogen and oxygen atoms in total. The Morgan fingerprint density at radius 2 is 1.75 bits per heavy atom. The topological polar surface area (TPSA) is 96.5 Å². The number of carbonyl (C=O) groups is 1. The molecule has 24 heavy (non-hydrogen) atoms. The minimum absolute atomic E-state index is 0.149. The lowest BCUT2D eigenvalue weighted by molar-refractivity contribution is -0.120. The number of anilines is 1. The van der Waals surface area contributed by atoms with Gasteiger partial charge in [0.2, 0.25) is 15.9 Å². The average molecular weight is 357 g/mol. The van der Waals surface area contributed by atoms with E-state index in [0.29, 0.717) is 25.8 Å². The maximum Gasteiger partial charge on any atom is 0.238 e. The van der Waals surface area contributed by atoms with E-state index in [1.165, 1.54) is 0 Å². The fraction of sp³-hybridized carbons (Fsp3) is 0.562. The molecule has 0 aliphatic carbocycles. The summed E-state index contributed by atoms with van der Waals surface area (Å²) in [6.07, 6.45) is 1.52. The number of hydrogen-bond acceptors (Lipinski definition) is 5. The van der Waals surface area contributed by atoms with Crippen LogP contribution < -0.4 is 20.3 Å². The first-order valence-corrected chi connectivity index (χ1v) is 9.32. The zero-order valence-electron chi connectivity index (χ0n) is 14.7. The first kappa shape index (κ1) is 20.2. The summed E-state index contributed by atoms with van der Waals surface area (Å²) in [5, 5.41) is 0. The third-order valence-corrected chi connectivity index (χ3v) is 5.56. The summed E-state index contributed by atoms with van der Waals surface area (Å²) in [4.78, 5) is 11.7. The van der Waals surface area contributed by atoms with Crippen LogP contribution in [0.15, 0.2) is 24.3 Å². The fourth-order valence-corrected chi connectivity index (χ4v) is 2.56. The molecule has 0 spiro atoms. The van der Waals surface area contributed by atoms with Crippen LogP contribution in [0, 0.1) is 0 Å².